The maximum absolute atomic E-state index is 15.4. The van der Waals surface area contributed by atoms with Crippen molar-refractivity contribution in [2.24, 2.45) is 0 Å². The number of rotatable bonds is 7. The van der Waals surface area contributed by atoms with E-state index in [4.69, 9.17) is 0 Å². The molecule has 2 bridgehead atoms. The van der Waals surface area contributed by atoms with Crippen molar-refractivity contribution in [1.29, 1.82) is 0 Å². The van der Waals surface area contributed by atoms with Gasteiger partial charge in [-0.15, -0.1) is 22.7 Å². The number of nitrogens with one attached hydrogen (secondary N) is 3. The lowest BCUT2D eigenvalue weighted by atomic mass is 9.98. The smallest absolute Gasteiger partial charge is 0.291 e. The van der Waals surface area contributed by atoms with Crippen LogP contribution in [0.5, 0.6) is 0 Å². The van der Waals surface area contributed by atoms with Gasteiger partial charge in [0.2, 0.25) is 0 Å². The van der Waals surface area contributed by atoms with Crippen LogP contribution < -0.4 is 21.1 Å². The summed E-state index contributed by atoms with van der Waals surface area (Å²) in [4.78, 5) is 41.5. The first-order chi connectivity index (χ1) is 22.8. The zero-order chi connectivity index (χ0) is 32.2. The van der Waals surface area contributed by atoms with E-state index in [-0.39, 0.29) is 23.0 Å². The van der Waals surface area contributed by atoms with E-state index >= 15 is 4.39 Å². The molecule has 5 aromatic rings. The summed E-state index contributed by atoms with van der Waals surface area (Å²) in [6, 6.07) is 15.1. The van der Waals surface area contributed by atoms with E-state index in [9.17, 15) is 9.59 Å². The number of hydrogen-bond acceptors (Lipinski definition) is 8. The summed E-state index contributed by atoms with van der Waals surface area (Å²) in [5.41, 5.74) is 5.30. The van der Waals surface area contributed by atoms with Crippen LogP contribution in [0.1, 0.15) is 56.8 Å². The molecule has 47 heavy (non-hydrogen) atoms. The number of benzene rings is 2. The van der Waals surface area contributed by atoms with Gasteiger partial charge in [-0.05, 0) is 110 Å². The summed E-state index contributed by atoms with van der Waals surface area (Å²) in [7, 11) is 2.13. The Kier molecular flexibility index (Phi) is 7.70. The van der Waals surface area contributed by atoms with Crippen LogP contribution in [-0.4, -0.2) is 54.0 Å². The molecule has 4 heterocycles. The highest BCUT2D eigenvalue weighted by Gasteiger charge is 2.39. The van der Waals surface area contributed by atoms with Gasteiger partial charge in [0.15, 0.2) is 5.82 Å². The summed E-state index contributed by atoms with van der Waals surface area (Å²) in [6.45, 7) is 5.70. The van der Waals surface area contributed by atoms with Crippen molar-refractivity contribution in [3.8, 4) is 21.7 Å². The lowest BCUT2D eigenvalue weighted by molar-refractivity contribution is 0.103. The second kappa shape index (κ2) is 12.0. The van der Waals surface area contributed by atoms with E-state index < -0.39 is 11.4 Å². The standard InChI is InChI=1S/C36H35FN6O2S2/c1-20-28(41-35(44)33-25(11-16-46-33)30-18-26-21-3-4-22(17-21)32(26)47-30)10-9-27(37)31(20)29-19-38-36(45)34(40-29)39-23-5-7-24(8-6-23)43-14-12-42(2)13-15-43/h5-11,16,18-19,21-22H,3-4,12-15,17H2,1-2H3,(H,38,45)(H,39,40)(H,41,44). The van der Waals surface area contributed by atoms with E-state index in [2.05, 4.69) is 43.5 Å². The Labute approximate surface area is 280 Å². The molecule has 2 aromatic carbocycles. The van der Waals surface area contributed by atoms with Crippen LogP contribution in [0, 0.1) is 12.7 Å². The third kappa shape index (κ3) is 5.56. The first kappa shape index (κ1) is 30.0. The predicted molar refractivity (Wildman–Crippen MR) is 189 cm³/mol. The van der Waals surface area contributed by atoms with Crippen LogP contribution in [0.3, 0.4) is 0 Å². The van der Waals surface area contributed by atoms with E-state index in [0.29, 0.717) is 33.7 Å². The maximum Gasteiger partial charge on any atom is 0.291 e. The van der Waals surface area contributed by atoms with Crippen molar-refractivity contribution in [1.82, 2.24) is 14.9 Å². The molecular formula is C36H35FN6O2S2. The number of aromatic nitrogens is 2. The fourth-order valence-electron chi connectivity index (χ4n) is 7.25. The maximum atomic E-state index is 15.4. The van der Waals surface area contributed by atoms with E-state index in [0.717, 1.165) is 42.3 Å². The summed E-state index contributed by atoms with van der Waals surface area (Å²) >= 11 is 3.23. The Morgan fingerprint density at radius 1 is 1.04 bits per heavy atom. The molecule has 2 unspecified atom stereocenters. The predicted octanol–water partition coefficient (Wildman–Crippen LogP) is 7.79. The highest BCUT2D eigenvalue weighted by molar-refractivity contribution is 7.17. The molecule has 3 aliphatic rings. The molecule has 1 amide bonds. The number of halogens is 1. The monoisotopic (exact) mass is 666 g/mol. The molecule has 2 aliphatic carbocycles. The van der Waals surface area contributed by atoms with Crippen molar-refractivity contribution in [2.45, 2.75) is 38.0 Å². The number of H-pyrrole nitrogens is 1. The first-order valence-electron chi connectivity index (χ1n) is 16.0. The number of carbonyl (C=O) groups is 1. The number of thiophene rings is 2. The van der Waals surface area contributed by atoms with Crippen molar-refractivity contribution in [3.63, 3.8) is 0 Å². The first-order valence-corrected chi connectivity index (χ1v) is 17.7. The van der Waals surface area contributed by atoms with Gasteiger partial charge in [-0.25, -0.2) is 9.37 Å². The molecule has 2 atom stereocenters. The third-order valence-corrected chi connectivity index (χ3v) is 12.1. The zero-order valence-corrected chi connectivity index (χ0v) is 27.9. The summed E-state index contributed by atoms with van der Waals surface area (Å²) in [5.74, 6) is 0.671. The van der Waals surface area contributed by atoms with E-state index in [1.165, 1.54) is 53.3 Å². The minimum absolute atomic E-state index is 0.0580. The molecule has 240 valence electrons. The highest BCUT2D eigenvalue weighted by Crippen LogP contribution is 2.57. The minimum atomic E-state index is -0.498. The number of piperazine rings is 1. The topological polar surface area (TPSA) is 93.4 Å². The summed E-state index contributed by atoms with van der Waals surface area (Å²) in [5, 5.41) is 8.07. The second-order valence-corrected chi connectivity index (χ2v) is 14.8. The van der Waals surface area contributed by atoms with Gasteiger partial charge < -0.3 is 25.4 Å². The van der Waals surface area contributed by atoms with Crippen LogP contribution in [-0.2, 0) is 0 Å². The Balaban J connectivity index is 1.02. The van der Waals surface area contributed by atoms with Gasteiger partial charge in [-0.1, -0.05) is 0 Å². The molecule has 11 heteroatoms. The SMILES string of the molecule is Cc1c(NC(=O)c2sccc2-c2cc3c(s2)C2CCC3C2)ccc(F)c1-c1c[nH]c(=O)c(Nc2ccc(N3CCN(C)CC3)cc2)n1. The van der Waals surface area contributed by atoms with Gasteiger partial charge in [-0.3, -0.25) is 9.59 Å². The number of anilines is 4. The molecule has 0 radical (unpaired) electrons. The molecule has 8 rings (SSSR count). The van der Waals surface area contributed by atoms with Gasteiger partial charge in [-0.2, -0.15) is 0 Å². The molecule has 1 saturated heterocycles. The number of hydrogen-bond donors (Lipinski definition) is 3. The fourth-order valence-corrected chi connectivity index (χ4v) is 9.55. The van der Waals surface area contributed by atoms with Gasteiger partial charge in [0.25, 0.3) is 11.5 Å². The van der Waals surface area contributed by atoms with Gasteiger partial charge in [0.1, 0.15) is 10.7 Å². The molecule has 1 saturated carbocycles. The largest absolute Gasteiger partial charge is 0.369 e. The fraction of sp³-hybridized carbons (Fsp3) is 0.306. The third-order valence-electron chi connectivity index (χ3n) is 9.88. The Morgan fingerprint density at radius 2 is 1.83 bits per heavy atom. The lowest BCUT2D eigenvalue weighted by Crippen LogP contribution is -2.44. The van der Waals surface area contributed by atoms with Crippen LogP contribution in [0.15, 0.2) is 64.9 Å². The van der Waals surface area contributed by atoms with Gasteiger partial charge >= 0.3 is 0 Å². The summed E-state index contributed by atoms with van der Waals surface area (Å²) < 4.78 is 15.4. The molecule has 2 fully saturated rings. The average Bonchev–Trinajstić information content (AvgIpc) is 3.88. The van der Waals surface area contributed by atoms with Crippen LogP contribution in [0.25, 0.3) is 21.7 Å². The average molecular weight is 667 g/mol. The molecule has 0 spiro atoms. The summed E-state index contributed by atoms with van der Waals surface area (Å²) in [6.07, 6.45) is 5.22. The number of likely N-dealkylation sites (N-methyl/N-ethyl adjacent to an activating group) is 1. The number of amides is 1. The number of aromatic amines is 1. The Morgan fingerprint density at radius 3 is 2.62 bits per heavy atom. The Bertz CT molecular complexity index is 2020. The molecule has 8 nitrogen and oxygen atoms in total. The Hall–Kier alpha value is -4.32. The van der Waals surface area contributed by atoms with Gasteiger partial charge in [0, 0.05) is 70.3 Å². The zero-order valence-electron chi connectivity index (χ0n) is 26.2. The van der Waals surface area contributed by atoms with Crippen LogP contribution >= 0.6 is 22.7 Å². The van der Waals surface area contributed by atoms with Crippen molar-refractivity contribution in [2.75, 3.05) is 48.8 Å². The van der Waals surface area contributed by atoms with Crippen LogP contribution in [0.4, 0.5) is 27.3 Å². The van der Waals surface area contributed by atoms with E-state index in [1.54, 1.807) is 13.0 Å². The van der Waals surface area contributed by atoms with Crippen molar-refractivity contribution in [3.05, 3.63) is 97.2 Å². The second-order valence-electron chi connectivity index (χ2n) is 12.8. The molecular weight excluding hydrogens is 632 g/mol. The molecule has 1 aliphatic heterocycles. The molecule has 3 N–H and O–H groups in total. The van der Waals surface area contributed by atoms with Crippen molar-refractivity contribution < 1.29 is 9.18 Å². The highest BCUT2D eigenvalue weighted by atomic mass is 32.1. The van der Waals surface area contributed by atoms with Gasteiger partial charge in [0.05, 0.1) is 5.69 Å². The number of fused-ring (bicyclic) bond motifs is 5. The van der Waals surface area contributed by atoms with Crippen LogP contribution in [0.2, 0.25) is 0 Å². The van der Waals surface area contributed by atoms with Crippen molar-refractivity contribution >= 4 is 51.5 Å². The molecule has 3 aromatic heterocycles. The van der Waals surface area contributed by atoms with E-state index in [1.807, 2.05) is 47.0 Å². The minimum Gasteiger partial charge on any atom is -0.369 e. The number of carbonyl (C=O) groups excluding carboxylic acids is 1. The normalized spacial score (nSPS) is 18.8. The quantitative estimate of drug-likeness (QED) is 0.164. The lowest BCUT2D eigenvalue weighted by Gasteiger charge is -2.34. The number of nitrogens with zero attached hydrogens (tertiary/aromatic N) is 3.